The number of rotatable bonds is 11. The maximum absolute atomic E-state index is 8.92. The third-order valence-corrected chi connectivity index (χ3v) is 4.11. The van der Waals surface area contributed by atoms with Gasteiger partial charge in [0, 0.05) is 18.0 Å². The first-order chi connectivity index (χ1) is 10.7. The van der Waals surface area contributed by atoms with Gasteiger partial charge in [0.2, 0.25) is 0 Å². The molecule has 0 fully saturated rings. The smallest absolute Gasteiger partial charge is 0.0450 e. The van der Waals surface area contributed by atoms with Gasteiger partial charge in [-0.3, -0.25) is 4.98 Å². The predicted octanol–water partition coefficient (Wildman–Crippen LogP) is 5.39. The van der Waals surface area contributed by atoms with Gasteiger partial charge in [-0.15, -0.1) is 0 Å². The number of allylic oxidation sites excluding steroid dienone is 1. The van der Waals surface area contributed by atoms with E-state index in [2.05, 4.69) is 44.0 Å². The summed E-state index contributed by atoms with van der Waals surface area (Å²) >= 11 is 0. The second-order valence-electron chi connectivity index (χ2n) is 6.22. The Bertz CT molecular complexity index is 428. The lowest BCUT2D eigenvalue weighted by atomic mass is 10.0. The van der Waals surface area contributed by atoms with Gasteiger partial charge in [0.05, 0.1) is 0 Å². The molecule has 0 atom stereocenters. The second kappa shape index (κ2) is 11.4. The summed E-state index contributed by atoms with van der Waals surface area (Å²) in [6.07, 6.45) is 15.4. The van der Waals surface area contributed by atoms with Crippen molar-refractivity contribution in [1.82, 2.24) is 4.98 Å². The summed E-state index contributed by atoms with van der Waals surface area (Å²) in [7, 11) is 0. The Labute approximate surface area is 136 Å². The van der Waals surface area contributed by atoms with Crippen LogP contribution in [0.1, 0.15) is 80.8 Å². The third-order valence-electron chi connectivity index (χ3n) is 4.11. The number of aryl methyl sites for hydroxylation is 3. The summed E-state index contributed by atoms with van der Waals surface area (Å²) in [4.78, 5) is 4.66. The Kier molecular flexibility index (Phi) is 9.81. The van der Waals surface area contributed by atoms with Crippen molar-refractivity contribution in [2.45, 2.75) is 78.6 Å². The summed E-state index contributed by atoms with van der Waals surface area (Å²) in [5.41, 5.74) is 4.75. The topological polar surface area (TPSA) is 33.1 Å². The fourth-order valence-corrected chi connectivity index (χ4v) is 2.80. The molecule has 0 saturated heterocycles. The molecule has 0 bridgehead atoms. The summed E-state index contributed by atoms with van der Waals surface area (Å²) in [6.45, 7) is 6.73. The molecule has 2 nitrogen and oxygen atoms in total. The SMILES string of the molecule is CCCCCCCC/C=C/c1c(C)cc(CCCO)nc1C. The molecular formula is C20H33NO. The molecule has 1 aromatic rings. The molecule has 0 spiro atoms. The fourth-order valence-electron chi connectivity index (χ4n) is 2.80. The van der Waals surface area contributed by atoms with E-state index in [0.717, 1.165) is 30.7 Å². The van der Waals surface area contributed by atoms with Crippen molar-refractivity contribution in [3.63, 3.8) is 0 Å². The van der Waals surface area contributed by atoms with Crippen molar-refractivity contribution in [3.8, 4) is 0 Å². The van der Waals surface area contributed by atoms with E-state index in [-0.39, 0.29) is 6.61 Å². The maximum atomic E-state index is 8.92. The molecule has 1 aromatic heterocycles. The molecule has 0 unspecified atom stereocenters. The molecule has 0 aliphatic carbocycles. The average molecular weight is 303 g/mol. The Morgan fingerprint density at radius 1 is 1.05 bits per heavy atom. The summed E-state index contributed by atoms with van der Waals surface area (Å²) < 4.78 is 0. The molecule has 1 N–H and O–H groups in total. The van der Waals surface area contributed by atoms with Crippen LogP contribution >= 0.6 is 0 Å². The molecule has 1 heterocycles. The van der Waals surface area contributed by atoms with E-state index in [1.807, 2.05) is 0 Å². The molecule has 0 aromatic carbocycles. The largest absolute Gasteiger partial charge is 0.396 e. The Hall–Kier alpha value is -1.15. The molecule has 124 valence electrons. The summed E-state index contributed by atoms with van der Waals surface area (Å²) in [5, 5.41) is 8.92. The molecule has 0 aliphatic rings. The lowest BCUT2D eigenvalue weighted by Gasteiger charge is -2.08. The Morgan fingerprint density at radius 2 is 1.77 bits per heavy atom. The number of pyridine rings is 1. The van der Waals surface area contributed by atoms with Crippen molar-refractivity contribution in [3.05, 3.63) is 34.7 Å². The fraction of sp³-hybridized carbons (Fsp3) is 0.650. The number of aliphatic hydroxyl groups excluding tert-OH is 1. The molecular weight excluding hydrogens is 270 g/mol. The first-order valence-electron chi connectivity index (χ1n) is 8.93. The molecule has 2 heteroatoms. The minimum Gasteiger partial charge on any atom is -0.396 e. The van der Waals surface area contributed by atoms with Gasteiger partial charge in [0.25, 0.3) is 0 Å². The predicted molar refractivity (Wildman–Crippen MR) is 96.1 cm³/mol. The highest BCUT2D eigenvalue weighted by Crippen LogP contribution is 2.17. The molecule has 0 amide bonds. The first-order valence-corrected chi connectivity index (χ1v) is 8.93. The quantitative estimate of drug-likeness (QED) is 0.556. The summed E-state index contributed by atoms with van der Waals surface area (Å²) in [5.74, 6) is 0. The van der Waals surface area contributed by atoms with Crippen LogP contribution in [0.5, 0.6) is 0 Å². The minimum atomic E-state index is 0.236. The Balaban J connectivity index is 2.43. The van der Waals surface area contributed by atoms with Gasteiger partial charge in [-0.1, -0.05) is 51.2 Å². The normalized spacial score (nSPS) is 11.5. The van der Waals surface area contributed by atoms with Crippen molar-refractivity contribution in [1.29, 1.82) is 0 Å². The zero-order chi connectivity index (χ0) is 16.2. The van der Waals surface area contributed by atoms with E-state index in [0.29, 0.717) is 0 Å². The molecule has 0 radical (unpaired) electrons. The van der Waals surface area contributed by atoms with Gasteiger partial charge >= 0.3 is 0 Å². The number of aromatic nitrogens is 1. The van der Waals surface area contributed by atoms with Gasteiger partial charge in [-0.25, -0.2) is 0 Å². The van der Waals surface area contributed by atoms with Crippen LogP contribution in [0.2, 0.25) is 0 Å². The van der Waals surface area contributed by atoms with E-state index in [9.17, 15) is 0 Å². The number of hydrogen-bond acceptors (Lipinski definition) is 2. The van der Waals surface area contributed by atoms with Crippen LogP contribution in [0.4, 0.5) is 0 Å². The maximum Gasteiger partial charge on any atom is 0.0450 e. The number of unbranched alkanes of at least 4 members (excludes halogenated alkanes) is 6. The zero-order valence-corrected chi connectivity index (χ0v) is 14.7. The van der Waals surface area contributed by atoms with E-state index >= 15 is 0 Å². The van der Waals surface area contributed by atoms with Gasteiger partial charge in [-0.05, 0) is 56.7 Å². The van der Waals surface area contributed by atoms with Crippen LogP contribution in [0.25, 0.3) is 6.08 Å². The zero-order valence-electron chi connectivity index (χ0n) is 14.7. The van der Waals surface area contributed by atoms with Crippen LogP contribution in [0.3, 0.4) is 0 Å². The van der Waals surface area contributed by atoms with E-state index in [1.54, 1.807) is 0 Å². The highest BCUT2D eigenvalue weighted by Gasteiger charge is 2.04. The second-order valence-corrected chi connectivity index (χ2v) is 6.22. The van der Waals surface area contributed by atoms with Gasteiger partial charge in [0.1, 0.15) is 0 Å². The van der Waals surface area contributed by atoms with Crippen molar-refractivity contribution < 1.29 is 5.11 Å². The van der Waals surface area contributed by atoms with E-state index < -0.39 is 0 Å². The Morgan fingerprint density at radius 3 is 2.45 bits per heavy atom. The van der Waals surface area contributed by atoms with Crippen LogP contribution in [-0.2, 0) is 6.42 Å². The van der Waals surface area contributed by atoms with Crippen molar-refractivity contribution in [2.24, 2.45) is 0 Å². The molecule has 0 aliphatic heterocycles. The van der Waals surface area contributed by atoms with Gasteiger partial charge in [0.15, 0.2) is 0 Å². The van der Waals surface area contributed by atoms with Crippen LogP contribution in [0.15, 0.2) is 12.1 Å². The monoisotopic (exact) mass is 303 g/mol. The molecule has 22 heavy (non-hydrogen) atoms. The number of nitrogens with zero attached hydrogens (tertiary/aromatic N) is 1. The van der Waals surface area contributed by atoms with Gasteiger partial charge in [-0.2, -0.15) is 0 Å². The average Bonchev–Trinajstić information content (AvgIpc) is 2.50. The molecule has 0 saturated carbocycles. The summed E-state index contributed by atoms with van der Waals surface area (Å²) in [6, 6.07) is 2.16. The number of hydrogen-bond donors (Lipinski definition) is 1. The van der Waals surface area contributed by atoms with Crippen molar-refractivity contribution in [2.75, 3.05) is 6.61 Å². The highest BCUT2D eigenvalue weighted by molar-refractivity contribution is 5.56. The first kappa shape index (κ1) is 18.9. The van der Waals surface area contributed by atoms with Crippen LogP contribution in [-0.4, -0.2) is 16.7 Å². The van der Waals surface area contributed by atoms with E-state index in [1.165, 1.54) is 49.7 Å². The third kappa shape index (κ3) is 7.22. The standard InChI is InChI=1S/C20H33NO/c1-4-5-6-7-8-9-10-11-14-20-17(2)16-19(13-12-15-22)21-18(20)3/h11,14,16,22H,4-10,12-13,15H2,1-3H3/b14-11+. The van der Waals surface area contributed by atoms with E-state index in [4.69, 9.17) is 5.11 Å². The lowest BCUT2D eigenvalue weighted by Crippen LogP contribution is -1.99. The van der Waals surface area contributed by atoms with Crippen LogP contribution in [0, 0.1) is 13.8 Å². The number of aliphatic hydroxyl groups is 1. The van der Waals surface area contributed by atoms with Crippen LogP contribution < -0.4 is 0 Å². The highest BCUT2D eigenvalue weighted by atomic mass is 16.2. The molecule has 1 rings (SSSR count). The lowest BCUT2D eigenvalue weighted by molar-refractivity contribution is 0.288. The van der Waals surface area contributed by atoms with Crippen molar-refractivity contribution >= 4 is 6.08 Å². The minimum absolute atomic E-state index is 0.236. The van der Waals surface area contributed by atoms with Gasteiger partial charge < -0.3 is 5.11 Å².